The molecule has 0 spiro atoms. The summed E-state index contributed by atoms with van der Waals surface area (Å²) in [5, 5.41) is 2.25. The van der Waals surface area contributed by atoms with Crippen molar-refractivity contribution in [3.05, 3.63) is 28.0 Å². The highest BCUT2D eigenvalue weighted by atomic mass is 35.5. The molecule has 1 rings (SSSR count). The van der Waals surface area contributed by atoms with Crippen molar-refractivity contribution < 1.29 is 9.18 Å². The zero-order valence-electron chi connectivity index (χ0n) is 9.27. The molecule has 0 aliphatic carbocycles. The summed E-state index contributed by atoms with van der Waals surface area (Å²) in [5.41, 5.74) is 5.96. The van der Waals surface area contributed by atoms with Gasteiger partial charge in [-0.2, -0.15) is 0 Å². The van der Waals surface area contributed by atoms with Gasteiger partial charge >= 0.3 is 0 Å². The van der Waals surface area contributed by atoms with Crippen LogP contribution in [0.1, 0.15) is 19.8 Å². The number of nitrogens with two attached hydrogens (primary N) is 1. The number of carbonyl (C=O) groups excluding carboxylic acids is 1. The van der Waals surface area contributed by atoms with Crippen LogP contribution in [0.4, 0.5) is 10.1 Å². The zero-order valence-corrected chi connectivity index (χ0v) is 10.8. The molecule has 17 heavy (non-hydrogen) atoms. The average Bonchev–Trinajstić information content (AvgIpc) is 2.26. The topological polar surface area (TPSA) is 55.1 Å². The van der Waals surface area contributed by atoms with E-state index in [1.54, 1.807) is 0 Å². The second-order valence-corrected chi connectivity index (χ2v) is 4.45. The second kappa shape index (κ2) is 6.19. The molecule has 0 heterocycles. The van der Waals surface area contributed by atoms with Crippen LogP contribution in [0.25, 0.3) is 0 Å². The summed E-state index contributed by atoms with van der Waals surface area (Å²) in [7, 11) is 0. The quantitative estimate of drug-likeness (QED) is 0.831. The number of hydrogen-bond acceptors (Lipinski definition) is 2. The normalized spacial score (nSPS) is 12.3. The van der Waals surface area contributed by atoms with Crippen molar-refractivity contribution in [1.82, 2.24) is 0 Å². The molecule has 0 aromatic heterocycles. The first-order valence-corrected chi connectivity index (χ1v) is 5.92. The summed E-state index contributed by atoms with van der Waals surface area (Å²) in [5.74, 6) is -1.05. The number of carbonyl (C=O) groups is 1. The van der Waals surface area contributed by atoms with Gasteiger partial charge in [0.1, 0.15) is 0 Å². The summed E-state index contributed by atoms with van der Waals surface area (Å²) in [4.78, 5) is 11.6. The van der Waals surface area contributed by atoms with E-state index in [-0.39, 0.29) is 16.0 Å². The first kappa shape index (κ1) is 14.2. The first-order valence-electron chi connectivity index (χ1n) is 5.16. The molecule has 1 aromatic carbocycles. The third-order valence-corrected chi connectivity index (χ3v) is 2.74. The lowest BCUT2D eigenvalue weighted by Gasteiger charge is -2.12. The Hall–Kier alpha value is -0.840. The molecular weight excluding hydrogens is 266 g/mol. The first-order chi connectivity index (χ1) is 7.95. The van der Waals surface area contributed by atoms with Crippen molar-refractivity contribution in [2.24, 2.45) is 5.73 Å². The number of rotatable bonds is 4. The fourth-order valence-corrected chi connectivity index (χ4v) is 1.79. The van der Waals surface area contributed by atoms with Crippen LogP contribution in [0.2, 0.25) is 10.0 Å². The largest absolute Gasteiger partial charge is 0.325 e. The average molecular weight is 279 g/mol. The third kappa shape index (κ3) is 3.84. The Morgan fingerprint density at radius 2 is 2.00 bits per heavy atom. The van der Waals surface area contributed by atoms with Gasteiger partial charge in [0.05, 0.1) is 16.1 Å². The van der Waals surface area contributed by atoms with E-state index in [0.717, 1.165) is 6.42 Å². The second-order valence-electron chi connectivity index (χ2n) is 3.64. The number of amides is 1. The van der Waals surface area contributed by atoms with Gasteiger partial charge in [-0.05, 0) is 18.6 Å². The molecule has 6 heteroatoms. The van der Waals surface area contributed by atoms with Gasteiger partial charge in [0, 0.05) is 5.69 Å². The van der Waals surface area contributed by atoms with E-state index in [1.807, 2.05) is 6.92 Å². The van der Waals surface area contributed by atoms with Gasteiger partial charge in [-0.15, -0.1) is 0 Å². The van der Waals surface area contributed by atoms with Crippen LogP contribution in [0.15, 0.2) is 12.1 Å². The maximum absolute atomic E-state index is 13.1. The monoisotopic (exact) mass is 278 g/mol. The van der Waals surface area contributed by atoms with Gasteiger partial charge in [0.2, 0.25) is 5.91 Å². The van der Waals surface area contributed by atoms with Crippen LogP contribution in [0.5, 0.6) is 0 Å². The van der Waals surface area contributed by atoms with Gasteiger partial charge < -0.3 is 11.1 Å². The molecule has 0 saturated carbocycles. The summed E-state index contributed by atoms with van der Waals surface area (Å²) < 4.78 is 13.1. The lowest BCUT2D eigenvalue weighted by atomic mass is 10.1. The molecule has 1 amide bonds. The Bertz CT molecular complexity index is 403. The van der Waals surface area contributed by atoms with Crippen LogP contribution >= 0.6 is 23.2 Å². The minimum Gasteiger partial charge on any atom is -0.325 e. The highest BCUT2D eigenvalue weighted by Crippen LogP contribution is 2.27. The molecule has 94 valence electrons. The lowest BCUT2D eigenvalue weighted by molar-refractivity contribution is -0.117. The maximum Gasteiger partial charge on any atom is 0.241 e. The van der Waals surface area contributed by atoms with E-state index < -0.39 is 11.9 Å². The fourth-order valence-electron chi connectivity index (χ4n) is 1.30. The molecule has 3 nitrogen and oxygen atoms in total. The van der Waals surface area contributed by atoms with Crippen molar-refractivity contribution in [3.63, 3.8) is 0 Å². The summed E-state index contributed by atoms with van der Waals surface area (Å²) >= 11 is 11.2. The van der Waals surface area contributed by atoms with Crippen molar-refractivity contribution >= 4 is 34.8 Å². The fraction of sp³-hybridized carbons (Fsp3) is 0.364. The van der Waals surface area contributed by atoms with E-state index >= 15 is 0 Å². The molecular formula is C11H13Cl2FN2O. The SMILES string of the molecule is CCCC(N)C(=O)Nc1cc(Cl)c(F)c(Cl)c1. The van der Waals surface area contributed by atoms with E-state index in [0.29, 0.717) is 12.1 Å². The molecule has 0 radical (unpaired) electrons. The van der Waals surface area contributed by atoms with E-state index in [9.17, 15) is 9.18 Å². The van der Waals surface area contributed by atoms with Gasteiger partial charge in [-0.25, -0.2) is 4.39 Å². The van der Waals surface area contributed by atoms with Crippen LogP contribution in [0, 0.1) is 5.82 Å². The smallest absolute Gasteiger partial charge is 0.241 e. The van der Waals surface area contributed by atoms with Crippen molar-refractivity contribution in [2.75, 3.05) is 5.32 Å². The van der Waals surface area contributed by atoms with Gasteiger partial charge in [-0.1, -0.05) is 36.5 Å². The highest BCUT2D eigenvalue weighted by molar-refractivity contribution is 6.35. The molecule has 1 atom stereocenters. The van der Waals surface area contributed by atoms with Crippen molar-refractivity contribution in [1.29, 1.82) is 0 Å². The molecule has 0 aliphatic heterocycles. The minimum atomic E-state index is -0.704. The van der Waals surface area contributed by atoms with Crippen LogP contribution in [0.3, 0.4) is 0 Å². The molecule has 0 saturated heterocycles. The summed E-state index contributed by atoms with van der Waals surface area (Å²) in [6.45, 7) is 1.93. The Kier molecular flexibility index (Phi) is 5.18. The van der Waals surface area contributed by atoms with Crippen LogP contribution < -0.4 is 11.1 Å². The van der Waals surface area contributed by atoms with Crippen LogP contribution in [-0.4, -0.2) is 11.9 Å². The Balaban J connectivity index is 2.79. The number of hydrogen-bond donors (Lipinski definition) is 2. The lowest BCUT2D eigenvalue weighted by Crippen LogP contribution is -2.35. The Labute approximate surface area is 109 Å². The third-order valence-electron chi connectivity index (χ3n) is 2.19. The maximum atomic E-state index is 13.1. The number of benzene rings is 1. The van der Waals surface area contributed by atoms with E-state index in [2.05, 4.69) is 5.32 Å². The minimum absolute atomic E-state index is 0.142. The van der Waals surface area contributed by atoms with Gasteiger partial charge in [0.25, 0.3) is 0 Å². The molecule has 1 unspecified atom stereocenters. The summed E-state index contributed by atoms with van der Waals surface area (Å²) in [6.07, 6.45) is 1.38. The predicted molar refractivity (Wildman–Crippen MR) is 67.9 cm³/mol. The zero-order chi connectivity index (χ0) is 13.0. The van der Waals surface area contributed by atoms with Crippen molar-refractivity contribution in [2.45, 2.75) is 25.8 Å². The van der Waals surface area contributed by atoms with Gasteiger partial charge in [-0.3, -0.25) is 4.79 Å². The van der Waals surface area contributed by atoms with Gasteiger partial charge in [0.15, 0.2) is 5.82 Å². The molecule has 0 fully saturated rings. The predicted octanol–water partition coefficient (Wildman–Crippen LogP) is 3.20. The van der Waals surface area contributed by atoms with E-state index in [4.69, 9.17) is 28.9 Å². The van der Waals surface area contributed by atoms with Crippen LogP contribution in [-0.2, 0) is 4.79 Å². The molecule has 0 bridgehead atoms. The molecule has 0 aliphatic rings. The Morgan fingerprint density at radius 1 is 1.47 bits per heavy atom. The molecule has 3 N–H and O–H groups in total. The Morgan fingerprint density at radius 3 is 2.47 bits per heavy atom. The summed E-state index contributed by atoms with van der Waals surface area (Å²) in [6, 6.07) is 1.99. The number of nitrogens with one attached hydrogen (secondary N) is 1. The number of anilines is 1. The number of halogens is 3. The molecule has 1 aromatic rings. The van der Waals surface area contributed by atoms with E-state index in [1.165, 1.54) is 12.1 Å². The standard InChI is InChI=1S/C11H13Cl2FN2O/c1-2-3-9(15)11(17)16-6-4-7(12)10(14)8(13)5-6/h4-5,9H,2-3,15H2,1H3,(H,16,17). The highest BCUT2D eigenvalue weighted by Gasteiger charge is 2.14. The van der Waals surface area contributed by atoms with Crippen molar-refractivity contribution in [3.8, 4) is 0 Å².